The summed E-state index contributed by atoms with van der Waals surface area (Å²) in [7, 11) is 0. The fourth-order valence-electron chi connectivity index (χ4n) is 1.10. The summed E-state index contributed by atoms with van der Waals surface area (Å²) < 4.78 is 0. The van der Waals surface area contributed by atoms with E-state index in [0.717, 1.165) is 18.7 Å². The van der Waals surface area contributed by atoms with Crippen molar-refractivity contribution in [3.8, 4) is 0 Å². The van der Waals surface area contributed by atoms with Gasteiger partial charge in [0.1, 0.15) is 0 Å². The maximum absolute atomic E-state index is 5.56. The van der Waals surface area contributed by atoms with Crippen molar-refractivity contribution in [2.75, 3.05) is 5.88 Å². The third-order valence-corrected chi connectivity index (χ3v) is 2.11. The summed E-state index contributed by atoms with van der Waals surface area (Å²) in [5.74, 6) is 0.743. The summed E-state index contributed by atoms with van der Waals surface area (Å²) in [6, 6.07) is 10.3. The summed E-state index contributed by atoms with van der Waals surface area (Å²) in [5, 5.41) is 0. The van der Waals surface area contributed by atoms with Crippen LogP contribution in [0, 0.1) is 0 Å². The molecule has 0 bridgehead atoms. The van der Waals surface area contributed by atoms with E-state index in [0.29, 0.717) is 0 Å². The molecule has 0 saturated carbocycles. The fourth-order valence-corrected chi connectivity index (χ4v) is 1.25. The Morgan fingerprint density at radius 3 is 2.57 bits per heavy atom. The molecule has 74 valence electrons. The monoisotopic (exact) mass is 206 g/mol. The number of allylic oxidation sites excluding steroid dienone is 3. The first-order valence-corrected chi connectivity index (χ1v) is 5.41. The number of halogens is 1. The first-order valence-electron chi connectivity index (χ1n) is 4.87. The minimum Gasteiger partial charge on any atom is -0.127 e. The van der Waals surface area contributed by atoms with Gasteiger partial charge in [0.2, 0.25) is 0 Å². The molecule has 0 fully saturated rings. The SMILES string of the molecule is ClCCC/C=C/C=C/c1ccccc1. The summed E-state index contributed by atoms with van der Waals surface area (Å²) >= 11 is 5.56. The van der Waals surface area contributed by atoms with Gasteiger partial charge in [-0.15, -0.1) is 11.6 Å². The number of hydrogen-bond donors (Lipinski definition) is 0. The Kier molecular flexibility index (Phi) is 5.85. The van der Waals surface area contributed by atoms with Crippen LogP contribution in [0.25, 0.3) is 6.08 Å². The van der Waals surface area contributed by atoms with Crippen LogP contribution in [0.3, 0.4) is 0 Å². The van der Waals surface area contributed by atoms with E-state index >= 15 is 0 Å². The van der Waals surface area contributed by atoms with Gasteiger partial charge in [0.15, 0.2) is 0 Å². The highest BCUT2D eigenvalue weighted by Crippen LogP contribution is 2.01. The Labute approximate surface area is 90.9 Å². The lowest BCUT2D eigenvalue weighted by molar-refractivity contribution is 0.967. The molecular formula is C13H15Cl. The third-order valence-electron chi connectivity index (χ3n) is 1.84. The lowest BCUT2D eigenvalue weighted by atomic mass is 10.2. The molecule has 0 spiro atoms. The molecule has 0 aliphatic heterocycles. The van der Waals surface area contributed by atoms with Crippen LogP contribution in [0.5, 0.6) is 0 Å². The predicted molar refractivity (Wildman–Crippen MR) is 64.6 cm³/mol. The average Bonchev–Trinajstić information content (AvgIpc) is 2.25. The predicted octanol–water partition coefficient (Wildman–Crippen LogP) is 4.28. The summed E-state index contributed by atoms with van der Waals surface area (Å²) in [5.41, 5.74) is 1.23. The van der Waals surface area contributed by atoms with E-state index in [-0.39, 0.29) is 0 Å². The van der Waals surface area contributed by atoms with Gasteiger partial charge < -0.3 is 0 Å². The summed E-state index contributed by atoms with van der Waals surface area (Å²) in [4.78, 5) is 0. The zero-order chi connectivity index (χ0) is 10.1. The molecule has 14 heavy (non-hydrogen) atoms. The third kappa shape index (κ3) is 4.88. The van der Waals surface area contributed by atoms with E-state index in [9.17, 15) is 0 Å². The average molecular weight is 207 g/mol. The zero-order valence-corrected chi connectivity index (χ0v) is 8.95. The summed E-state index contributed by atoms with van der Waals surface area (Å²) in [6.07, 6.45) is 10.5. The molecular weight excluding hydrogens is 192 g/mol. The van der Waals surface area contributed by atoms with Crippen LogP contribution in [0.15, 0.2) is 48.6 Å². The van der Waals surface area contributed by atoms with Gasteiger partial charge >= 0.3 is 0 Å². The number of benzene rings is 1. The second kappa shape index (κ2) is 7.40. The lowest BCUT2D eigenvalue weighted by Gasteiger charge is -1.88. The second-order valence-corrected chi connectivity index (χ2v) is 3.41. The Morgan fingerprint density at radius 1 is 1.07 bits per heavy atom. The van der Waals surface area contributed by atoms with E-state index in [1.807, 2.05) is 18.2 Å². The molecule has 0 atom stereocenters. The number of rotatable bonds is 5. The van der Waals surface area contributed by atoms with E-state index in [1.165, 1.54) is 5.56 Å². The molecule has 0 N–H and O–H groups in total. The number of unbranched alkanes of at least 4 members (excludes halogenated alkanes) is 1. The van der Waals surface area contributed by atoms with Crippen LogP contribution in [0.1, 0.15) is 18.4 Å². The van der Waals surface area contributed by atoms with Crippen LogP contribution < -0.4 is 0 Å². The normalized spacial score (nSPS) is 11.5. The smallest absolute Gasteiger partial charge is 0.0226 e. The first-order chi connectivity index (χ1) is 6.93. The van der Waals surface area contributed by atoms with Gasteiger partial charge in [0.05, 0.1) is 0 Å². The van der Waals surface area contributed by atoms with Crippen molar-refractivity contribution in [1.29, 1.82) is 0 Å². The zero-order valence-electron chi connectivity index (χ0n) is 8.20. The maximum Gasteiger partial charge on any atom is 0.0226 e. The van der Waals surface area contributed by atoms with Gasteiger partial charge in [-0.2, -0.15) is 0 Å². The highest BCUT2D eigenvalue weighted by Gasteiger charge is 1.80. The first kappa shape index (κ1) is 11.1. The van der Waals surface area contributed by atoms with Gasteiger partial charge in [-0.05, 0) is 18.4 Å². The van der Waals surface area contributed by atoms with Crippen molar-refractivity contribution in [3.05, 3.63) is 54.1 Å². The van der Waals surface area contributed by atoms with Crippen molar-refractivity contribution in [1.82, 2.24) is 0 Å². The molecule has 0 aliphatic rings. The molecule has 0 aliphatic carbocycles. The molecule has 0 aromatic heterocycles. The van der Waals surface area contributed by atoms with Crippen LogP contribution in [-0.2, 0) is 0 Å². The quantitative estimate of drug-likeness (QED) is 0.383. The van der Waals surface area contributed by atoms with Crippen LogP contribution in [0.4, 0.5) is 0 Å². The van der Waals surface area contributed by atoms with Gasteiger partial charge in [0, 0.05) is 5.88 Å². The van der Waals surface area contributed by atoms with Gasteiger partial charge in [-0.25, -0.2) is 0 Å². The van der Waals surface area contributed by atoms with E-state index in [4.69, 9.17) is 11.6 Å². The lowest BCUT2D eigenvalue weighted by Crippen LogP contribution is -1.70. The highest BCUT2D eigenvalue weighted by molar-refractivity contribution is 6.17. The minimum absolute atomic E-state index is 0.743. The molecule has 1 rings (SSSR count). The maximum atomic E-state index is 5.56. The number of hydrogen-bond acceptors (Lipinski definition) is 0. The van der Waals surface area contributed by atoms with Gasteiger partial charge in [-0.1, -0.05) is 54.6 Å². The molecule has 1 aromatic carbocycles. The van der Waals surface area contributed by atoms with E-state index < -0.39 is 0 Å². The Balaban J connectivity index is 2.31. The Bertz CT molecular complexity index is 285. The van der Waals surface area contributed by atoms with Crippen molar-refractivity contribution >= 4 is 17.7 Å². The van der Waals surface area contributed by atoms with Crippen molar-refractivity contribution in [2.24, 2.45) is 0 Å². The Hall–Kier alpha value is -1.01. The molecule has 0 radical (unpaired) electrons. The second-order valence-electron chi connectivity index (χ2n) is 3.03. The fraction of sp³-hybridized carbons (Fsp3) is 0.231. The topological polar surface area (TPSA) is 0 Å². The largest absolute Gasteiger partial charge is 0.127 e. The standard InChI is InChI=1S/C13H15Cl/c14-12-8-3-1-2-5-9-13-10-6-4-7-11-13/h1-2,4-7,9-11H,3,8,12H2/b2-1+,9-5+. The molecule has 1 aromatic rings. The summed E-state index contributed by atoms with van der Waals surface area (Å²) in [6.45, 7) is 0. The molecule has 1 heteroatoms. The van der Waals surface area contributed by atoms with Crippen LogP contribution >= 0.6 is 11.6 Å². The van der Waals surface area contributed by atoms with Crippen molar-refractivity contribution in [3.63, 3.8) is 0 Å². The highest BCUT2D eigenvalue weighted by atomic mass is 35.5. The molecule has 0 nitrogen and oxygen atoms in total. The van der Waals surface area contributed by atoms with Crippen molar-refractivity contribution in [2.45, 2.75) is 12.8 Å². The minimum atomic E-state index is 0.743. The molecule has 0 amide bonds. The number of alkyl halides is 1. The van der Waals surface area contributed by atoms with Gasteiger partial charge in [-0.3, -0.25) is 0 Å². The molecule has 0 unspecified atom stereocenters. The van der Waals surface area contributed by atoms with Gasteiger partial charge in [0.25, 0.3) is 0 Å². The molecule has 0 heterocycles. The van der Waals surface area contributed by atoms with E-state index in [2.05, 4.69) is 36.4 Å². The Morgan fingerprint density at radius 2 is 1.86 bits per heavy atom. The van der Waals surface area contributed by atoms with Crippen molar-refractivity contribution < 1.29 is 0 Å². The van der Waals surface area contributed by atoms with Crippen LogP contribution in [-0.4, -0.2) is 5.88 Å². The molecule has 0 saturated heterocycles. The van der Waals surface area contributed by atoms with Crippen LogP contribution in [0.2, 0.25) is 0 Å². The van der Waals surface area contributed by atoms with E-state index in [1.54, 1.807) is 0 Å².